The third-order valence-electron chi connectivity index (χ3n) is 7.85. The molecule has 2 aromatic carbocycles. The van der Waals surface area contributed by atoms with Crippen LogP contribution in [0, 0.1) is 11.8 Å². The lowest BCUT2D eigenvalue weighted by molar-refractivity contribution is 0.148. The molecular formula is C29H40. The summed E-state index contributed by atoms with van der Waals surface area (Å²) in [6.45, 7) is 4.68. The maximum absolute atomic E-state index is 2.57. The molecule has 0 unspecified atom stereocenters. The second-order valence-electron chi connectivity index (χ2n) is 10.2. The van der Waals surface area contributed by atoms with Crippen LogP contribution in [0.4, 0.5) is 0 Å². The standard InChI is InChI=1S/C29H40/c1-23(2)16-17-24-18-19-28(27(22-24)25-12-6-3-7-13-25)29(20-10-5-11-21-29)26-14-8-4-9-15-26/h3,6-7,12-13,18-19,22-23,26H,4-5,8-11,14-17,20-21H2,1-2H3. The van der Waals surface area contributed by atoms with Crippen molar-refractivity contribution in [1.82, 2.24) is 0 Å². The lowest BCUT2D eigenvalue weighted by Crippen LogP contribution is -2.39. The second kappa shape index (κ2) is 9.50. The average Bonchev–Trinajstić information content (AvgIpc) is 2.79. The summed E-state index contributed by atoms with van der Waals surface area (Å²) in [6, 6.07) is 18.9. The van der Waals surface area contributed by atoms with Gasteiger partial charge < -0.3 is 0 Å². The molecule has 2 fully saturated rings. The van der Waals surface area contributed by atoms with Gasteiger partial charge in [-0.25, -0.2) is 0 Å². The van der Waals surface area contributed by atoms with Gasteiger partial charge in [0.2, 0.25) is 0 Å². The summed E-state index contributed by atoms with van der Waals surface area (Å²) in [4.78, 5) is 0. The lowest BCUT2D eigenvalue weighted by atomic mass is 9.57. The van der Waals surface area contributed by atoms with Gasteiger partial charge in [-0.3, -0.25) is 0 Å². The lowest BCUT2D eigenvalue weighted by Gasteiger charge is -2.47. The Morgan fingerprint density at radius 2 is 1.52 bits per heavy atom. The summed E-state index contributed by atoms with van der Waals surface area (Å²) in [5, 5.41) is 0. The number of hydrogen-bond donors (Lipinski definition) is 0. The Morgan fingerprint density at radius 3 is 2.21 bits per heavy atom. The molecule has 0 bridgehead atoms. The van der Waals surface area contributed by atoms with Crippen molar-refractivity contribution in [2.45, 2.75) is 96.3 Å². The zero-order chi connectivity index (χ0) is 20.1. The van der Waals surface area contributed by atoms with Gasteiger partial charge >= 0.3 is 0 Å². The van der Waals surface area contributed by atoms with E-state index in [-0.39, 0.29) is 0 Å². The first-order chi connectivity index (χ1) is 14.2. The molecule has 0 saturated heterocycles. The zero-order valence-electron chi connectivity index (χ0n) is 18.8. The highest BCUT2D eigenvalue weighted by Crippen LogP contribution is 2.52. The molecule has 2 aromatic rings. The molecular weight excluding hydrogens is 348 g/mol. The Balaban J connectivity index is 1.79. The maximum Gasteiger partial charge on any atom is -0.00126 e. The quantitative estimate of drug-likeness (QED) is 0.464. The van der Waals surface area contributed by atoms with E-state index in [2.05, 4.69) is 62.4 Å². The molecule has 2 aliphatic rings. The van der Waals surface area contributed by atoms with Gasteiger partial charge in [0.15, 0.2) is 0 Å². The Hall–Kier alpha value is -1.56. The van der Waals surface area contributed by atoms with Crippen molar-refractivity contribution >= 4 is 0 Å². The molecule has 0 aliphatic heterocycles. The van der Waals surface area contributed by atoms with E-state index in [1.54, 1.807) is 11.1 Å². The summed E-state index contributed by atoms with van der Waals surface area (Å²) in [6.07, 6.45) is 16.8. The highest BCUT2D eigenvalue weighted by Gasteiger charge is 2.42. The van der Waals surface area contributed by atoms with Crippen LogP contribution < -0.4 is 0 Å². The Morgan fingerprint density at radius 1 is 0.828 bits per heavy atom. The molecule has 4 rings (SSSR count). The fraction of sp³-hybridized carbons (Fsp3) is 0.586. The average molecular weight is 389 g/mol. The van der Waals surface area contributed by atoms with E-state index in [4.69, 9.17) is 0 Å². The van der Waals surface area contributed by atoms with Gasteiger partial charge in [0.1, 0.15) is 0 Å². The smallest absolute Gasteiger partial charge is 0.00126 e. The van der Waals surface area contributed by atoms with Crippen LogP contribution in [0.3, 0.4) is 0 Å². The minimum atomic E-state index is 0.417. The van der Waals surface area contributed by atoms with E-state index in [1.165, 1.54) is 88.2 Å². The van der Waals surface area contributed by atoms with Crippen LogP contribution in [0.25, 0.3) is 11.1 Å². The van der Waals surface area contributed by atoms with Crippen molar-refractivity contribution in [3.05, 3.63) is 59.7 Å². The highest BCUT2D eigenvalue weighted by atomic mass is 14.5. The summed E-state index contributed by atoms with van der Waals surface area (Å²) < 4.78 is 0. The van der Waals surface area contributed by atoms with Crippen LogP contribution in [-0.2, 0) is 11.8 Å². The number of hydrogen-bond acceptors (Lipinski definition) is 0. The van der Waals surface area contributed by atoms with Crippen LogP contribution >= 0.6 is 0 Å². The van der Waals surface area contributed by atoms with E-state index in [9.17, 15) is 0 Å². The molecule has 0 N–H and O–H groups in total. The number of benzene rings is 2. The van der Waals surface area contributed by atoms with Crippen LogP contribution in [0.1, 0.15) is 95.6 Å². The monoisotopic (exact) mass is 388 g/mol. The van der Waals surface area contributed by atoms with E-state index < -0.39 is 0 Å². The fourth-order valence-corrected chi connectivity index (χ4v) is 6.23. The number of rotatable bonds is 6. The van der Waals surface area contributed by atoms with E-state index in [0.29, 0.717) is 5.41 Å². The maximum atomic E-state index is 2.57. The van der Waals surface area contributed by atoms with Gasteiger partial charge in [-0.2, -0.15) is 0 Å². The van der Waals surface area contributed by atoms with Crippen molar-refractivity contribution in [2.24, 2.45) is 11.8 Å². The van der Waals surface area contributed by atoms with Gasteiger partial charge in [0.05, 0.1) is 0 Å². The molecule has 0 atom stereocenters. The largest absolute Gasteiger partial charge is 0.0628 e. The first kappa shape index (κ1) is 20.7. The molecule has 156 valence electrons. The van der Waals surface area contributed by atoms with E-state index >= 15 is 0 Å². The Kier molecular flexibility index (Phi) is 6.78. The molecule has 0 heterocycles. The van der Waals surface area contributed by atoms with Gasteiger partial charge in [-0.05, 0) is 78.0 Å². The van der Waals surface area contributed by atoms with Crippen LogP contribution in [0.5, 0.6) is 0 Å². The number of aryl methyl sites for hydroxylation is 1. The van der Waals surface area contributed by atoms with Crippen molar-refractivity contribution < 1.29 is 0 Å². The second-order valence-corrected chi connectivity index (χ2v) is 10.2. The van der Waals surface area contributed by atoms with Crippen molar-refractivity contribution in [3.63, 3.8) is 0 Å². The molecule has 0 nitrogen and oxygen atoms in total. The van der Waals surface area contributed by atoms with Gasteiger partial charge in [-0.1, -0.05) is 101 Å². The van der Waals surface area contributed by atoms with Crippen LogP contribution in [-0.4, -0.2) is 0 Å². The topological polar surface area (TPSA) is 0 Å². The first-order valence-corrected chi connectivity index (χ1v) is 12.4. The molecule has 0 spiro atoms. The highest BCUT2D eigenvalue weighted by molar-refractivity contribution is 5.70. The third-order valence-corrected chi connectivity index (χ3v) is 7.85. The summed E-state index contributed by atoms with van der Waals surface area (Å²) >= 11 is 0. The zero-order valence-corrected chi connectivity index (χ0v) is 18.8. The molecule has 2 aliphatic carbocycles. The minimum absolute atomic E-state index is 0.417. The molecule has 0 amide bonds. The summed E-state index contributed by atoms with van der Waals surface area (Å²) in [5.41, 5.74) is 6.59. The van der Waals surface area contributed by atoms with Gasteiger partial charge in [0.25, 0.3) is 0 Å². The van der Waals surface area contributed by atoms with E-state index in [1.807, 2.05) is 0 Å². The molecule has 2 saturated carbocycles. The molecule has 0 aromatic heterocycles. The third kappa shape index (κ3) is 4.62. The van der Waals surface area contributed by atoms with Gasteiger partial charge in [-0.15, -0.1) is 0 Å². The summed E-state index contributed by atoms with van der Waals surface area (Å²) in [7, 11) is 0. The van der Waals surface area contributed by atoms with Crippen molar-refractivity contribution in [3.8, 4) is 11.1 Å². The predicted molar refractivity (Wildman–Crippen MR) is 126 cm³/mol. The van der Waals surface area contributed by atoms with Crippen molar-refractivity contribution in [1.29, 1.82) is 0 Å². The molecule has 0 radical (unpaired) electrons. The first-order valence-electron chi connectivity index (χ1n) is 12.4. The van der Waals surface area contributed by atoms with Gasteiger partial charge in [0, 0.05) is 0 Å². The molecule has 29 heavy (non-hydrogen) atoms. The summed E-state index contributed by atoms with van der Waals surface area (Å²) in [5.74, 6) is 1.65. The SMILES string of the molecule is CC(C)CCc1ccc(C2(C3CCCCC3)CCCCC2)c(-c2ccccc2)c1. The Bertz CT molecular complexity index is 758. The normalized spacial score (nSPS) is 20.1. The Labute approximate surface area is 179 Å². The predicted octanol–water partition coefficient (Wildman–Crippen LogP) is 8.72. The van der Waals surface area contributed by atoms with E-state index in [0.717, 1.165) is 11.8 Å². The fourth-order valence-electron chi connectivity index (χ4n) is 6.23. The van der Waals surface area contributed by atoms with Crippen LogP contribution in [0.15, 0.2) is 48.5 Å². The van der Waals surface area contributed by atoms with Crippen LogP contribution in [0.2, 0.25) is 0 Å². The minimum Gasteiger partial charge on any atom is -0.0628 e. The molecule has 0 heteroatoms. The van der Waals surface area contributed by atoms with Crippen molar-refractivity contribution in [2.75, 3.05) is 0 Å².